The third-order valence-electron chi connectivity index (χ3n) is 2.79. The first kappa shape index (κ1) is 10.0. The van der Waals surface area contributed by atoms with Gasteiger partial charge in [-0.15, -0.1) is 0 Å². The molecule has 1 aliphatic carbocycles. The molecule has 5 nitrogen and oxygen atoms in total. The number of hydrogen-bond acceptors (Lipinski definition) is 2. The maximum atomic E-state index is 11.8. The van der Waals surface area contributed by atoms with Crippen LogP contribution in [-0.2, 0) is 24.2 Å². The standard InChI is InChI=1S/C10H14N2O3/c13-9(14)5-6-12-10(15)7-3-1-2-4-8(7)11-12/h11H,1-6H2,(H,13,14). The summed E-state index contributed by atoms with van der Waals surface area (Å²) in [5, 5.41) is 11.5. The minimum absolute atomic E-state index is 0.0146. The third kappa shape index (κ3) is 1.95. The Labute approximate surface area is 86.7 Å². The summed E-state index contributed by atoms with van der Waals surface area (Å²) in [5.41, 5.74) is 1.81. The largest absolute Gasteiger partial charge is 0.481 e. The summed E-state index contributed by atoms with van der Waals surface area (Å²) in [5.74, 6) is -0.880. The number of nitrogens with zero attached hydrogens (tertiary/aromatic N) is 1. The van der Waals surface area contributed by atoms with Crippen LogP contribution in [0.1, 0.15) is 30.5 Å². The molecule has 0 aromatic carbocycles. The van der Waals surface area contributed by atoms with E-state index in [0.29, 0.717) is 0 Å². The van der Waals surface area contributed by atoms with Crippen molar-refractivity contribution in [3.63, 3.8) is 0 Å². The summed E-state index contributed by atoms with van der Waals surface area (Å²) in [6.07, 6.45) is 3.87. The maximum Gasteiger partial charge on any atom is 0.305 e. The molecule has 1 aromatic heterocycles. The van der Waals surface area contributed by atoms with E-state index in [0.717, 1.165) is 36.9 Å². The molecule has 1 aliphatic rings. The fourth-order valence-corrected chi connectivity index (χ4v) is 2.01. The van der Waals surface area contributed by atoms with E-state index in [1.165, 1.54) is 4.68 Å². The van der Waals surface area contributed by atoms with Crippen molar-refractivity contribution in [2.24, 2.45) is 0 Å². The van der Waals surface area contributed by atoms with Gasteiger partial charge in [0.15, 0.2) is 0 Å². The van der Waals surface area contributed by atoms with Gasteiger partial charge in [-0.3, -0.25) is 19.4 Å². The number of carbonyl (C=O) groups is 1. The summed E-state index contributed by atoms with van der Waals surface area (Å²) in [6.45, 7) is 0.237. The molecule has 5 heteroatoms. The van der Waals surface area contributed by atoms with E-state index in [-0.39, 0.29) is 18.5 Å². The molecule has 0 saturated carbocycles. The highest BCUT2D eigenvalue weighted by molar-refractivity contribution is 5.66. The topological polar surface area (TPSA) is 75.1 Å². The Morgan fingerprint density at radius 1 is 1.40 bits per heavy atom. The van der Waals surface area contributed by atoms with Gasteiger partial charge >= 0.3 is 5.97 Å². The molecule has 0 amide bonds. The number of carboxylic acid groups (broad SMARTS) is 1. The lowest BCUT2D eigenvalue weighted by molar-refractivity contribution is -0.137. The van der Waals surface area contributed by atoms with Gasteiger partial charge in [-0.1, -0.05) is 0 Å². The SMILES string of the molecule is O=C(O)CCn1[nH]c2c(c1=O)CCCC2. The molecule has 0 unspecified atom stereocenters. The number of rotatable bonds is 3. The number of fused-ring (bicyclic) bond motifs is 1. The first-order valence-electron chi connectivity index (χ1n) is 5.21. The van der Waals surface area contributed by atoms with Crippen molar-refractivity contribution in [3.8, 4) is 0 Å². The van der Waals surface area contributed by atoms with Crippen molar-refractivity contribution >= 4 is 5.97 Å². The Bertz CT molecular complexity index is 430. The van der Waals surface area contributed by atoms with Crippen molar-refractivity contribution in [2.45, 2.75) is 38.6 Å². The van der Waals surface area contributed by atoms with Crippen LogP contribution in [0.5, 0.6) is 0 Å². The number of aliphatic carboxylic acids is 1. The summed E-state index contributed by atoms with van der Waals surface area (Å²) in [7, 11) is 0. The first-order chi connectivity index (χ1) is 7.18. The van der Waals surface area contributed by atoms with Crippen LogP contribution in [0, 0.1) is 0 Å². The summed E-state index contributed by atoms with van der Waals surface area (Å²) in [6, 6.07) is 0. The molecule has 1 heterocycles. The van der Waals surface area contributed by atoms with Gasteiger partial charge in [0.1, 0.15) is 0 Å². The third-order valence-corrected chi connectivity index (χ3v) is 2.79. The Morgan fingerprint density at radius 3 is 2.80 bits per heavy atom. The number of carboxylic acids is 1. The molecule has 0 radical (unpaired) electrons. The van der Waals surface area contributed by atoms with E-state index in [4.69, 9.17) is 5.11 Å². The normalized spacial score (nSPS) is 14.9. The van der Waals surface area contributed by atoms with Crippen LogP contribution < -0.4 is 5.56 Å². The van der Waals surface area contributed by atoms with E-state index in [2.05, 4.69) is 5.10 Å². The Hall–Kier alpha value is -1.52. The number of aryl methyl sites for hydroxylation is 2. The number of nitrogens with one attached hydrogen (secondary N) is 1. The molecule has 0 atom stereocenters. The van der Waals surface area contributed by atoms with Crippen LogP contribution in [0.15, 0.2) is 4.79 Å². The van der Waals surface area contributed by atoms with Gasteiger partial charge in [0, 0.05) is 11.3 Å². The van der Waals surface area contributed by atoms with Crippen LogP contribution in [-0.4, -0.2) is 20.9 Å². The Kier molecular flexibility index (Phi) is 2.62. The average Bonchev–Trinajstić information content (AvgIpc) is 2.54. The second-order valence-electron chi connectivity index (χ2n) is 3.88. The zero-order valence-electron chi connectivity index (χ0n) is 8.45. The first-order valence-corrected chi connectivity index (χ1v) is 5.21. The Balaban J connectivity index is 2.22. The summed E-state index contributed by atoms with van der Waals surface area (Å²) >= 11 is 0. The predicted molar refractivity (Wildman–Crippen MR) is 53.9 cm³/mol. The van der Waals surface area contributed by atoms with E-state index >= 15 is 0 Å². The van der Waals surface area contributed by atoms with E-state index in [1.54, 1.807) is 0 Å². The van der Waals surface area contributed by atoms with Crippen LogP contribution in [0.25, 0.3) is 0 Å². The highest BCUT2D eigenvalue weighted by atomic mass is 16.4. The number of aromatic nitrogens is 2. The van der Waals surface area contributed by atoms with Crippen molar-refractivity contribution in [2.75, 3.05) is 0 Å². The highest BCUT2D eigenvalue weighted by Gasteiger charge is 2.17. The zero-order valence-corrected chi connectivity index (χ0v) is 8.45. The zero-order chi connectivity index (χ0) is 10.8. The highest BCUT2D eigenvalue weighted by Crippen LogP contribution is 2.15. The maximum absolute atomic E-state index is 11.8. The second kappa shape index (κ2) is 3.92. The monoisotopic (exact) mass is 210 g/mol. The van der Waals surface area contributed by atoms with Gasteiger partial charge in [-0.05, 0) is 25.7 Å². The molecule has 82 valence electrons. The van der Waals surface area contributed by atoms with Crippen molar-refractivity contribution < 1.29 is 9.90 Å². The fraction of sp³-hybridized carbons (Fsp3) is 0.600. The quantitative estimate of drug-likeness (QED) is 0.764. The molecule has 2 rings (SSSR count). The van der Waals surface area contributed by atoms with Crippen molar-refractivity contribution in [3.05, 3.63) is 21.6 Å². The molecule has 0 saturated heterocycles. The number of aromatic amines is 1. The lowest BCUT2D eigenvalue weighted by Crippen LogP contribution is -2.21. The molecule has 2 N–H and O–H groups in total. The molecule has 0 fully saturated rings. The molecule has 1 aromatic rings. The van der Waals surface area contributed by atoms with Gasteiger partial charge in [0.25, 0.3) is 5.56 Å². The van der Waals surface area contributed by atoms with Crippen molar-refractivity contribution in [1.29, 1.82) is 0 Å². The molecule has 0 aliphatic heterocycles. The van der Waals surface area contributed by atoms with Gasteiger partial charge in [0.05, 0.1) is 13.0 Å². The smallest absolute Gasteiger partial charge is 0.305 e. The van der Waals surface area contributed by atoms with Gasteiger partial charge in [-0.2, -0.15) is 0 Å². The lowest BCUT2D eigenvalue weighted by atomic mass is 9.98. The number of H-pyrrole nitrogens is 1. The van der Waals surface area contributed by atoms with E-state index in [1.807, 2.05) is 0 Å². The van der Waals surface area contributed by atoms with Crippen LogP contribution in [0.3, 0.4) is 0 Å². The van der Waals surface area contributed by atoms with Gasteiger partial charge in [0.2, 0.25) is 0 Å². The summed E-state index contributed by atoms with van der Waals surface area (Å²) in [4.78, 5) is 22.2. The molecular formula is C10H14N2O3. The lowest BCUT2D eigenvalue weighted by Gasteiger charge is -2.07. The van der Waals surface area contributed by atoms with Gasteiger partial charge in [-0.25, -0.2) is 0 Å². The molecular weight excluding hydrogens is 196 g/mol. The molecule has 15 heavy (non-hydrogen) atoms. The second-order valence-corrected chi connectivity index (χ2v) is 3.88. The minimum atomic E-state index is -0.880. The predicted octanol–water partition coefficient (Wildman–Crippen LogP) is 0.530. The van der Waals surface area contributed by atoms with Crippen LogP contribution in [0.2, 0.25) is 0 Å². The summed E-state index contributed by atoms with van der Waals surface area (Å²) < 4.78 is 1.42. The van der Waals surface area contributed by atoms with E-state index in [9.17, 15) is 9.59 Å². The number of hydrogen-bond donors (Lipinski definition) is 2. The van der Waals surface area contributed by atoms with Crippen LogP contribution >= 0.6 is 0 Å². The van der Waals surface area contributed by atoms with Gasteiger partial charge < -0.3 is 5.11 Å². The van der Waals surface area contributed by atoms with E-state index < -0.39 is 5.97 Å². The molecule has 0 spiro atoms. The van der Waals surface area contributed by atoms with Crippen LogP contribution in [0.4, 0.5) is 0 Å². The van der Waals surface area contributed by atoms with Crippen molar-refractivity contribution in [1.82, 2.24) is 9.78 Å². The fourth-order valence-electron chi connectivity index (χ4n) is 2.01. The average molecular weight is 210 g/mol. The Morgan fingerprint density at radius 2 is 2.13 bits per heavy atom. The molecule has 0 bridgehead atoms. The minimum Gasteiger partial charge on any atom is -0.481 e.